The van der Waals surface area contributed by atoms with Crippen molar-refractivity contribution in [1.82, 2.24) is 4.90 Å². The monoisotopic (exact) mass is 233 g/mol. The van der Waals surface area contributed by atoms with Crippen molar-refractivity contribution in [2.45, 2.75) is 24.8 Å². The van der Waals surface area contributed by atoms with E-state index in [1.165, 1.54) is 11.9 Å². The Bertz CT molecular complexity index is 458. The summed E-state index contributed by atoms with van der Waals surface area (Å²) < 4.78 is 0. The van der Waals surface area contributed by atoms with Crippen LogP contribution >= 0.6 is 0 Å². The molecule has 1 aromatic carbocycles. The first-order valence-electron chi connectivity index (χ1n) is 5.63. The first-order chi connectivity index (χ1) is 8.13. The summed E-state index contributed by atoms with van der Waals surface area (Å²) in [5, 5.41) is 9.54. The van der Waals surface area contributed by atoms with Crippen molar-refractivity contribution < 1.29 is 14.7 Å². The van der Waals surface area contributed by atoms with Crippen LogP contribution in [0.4, 0.5) is 0 Å². The predicted molar refractivity (Wildman–Crippen MR) is 62.5 cm³/mol. The van der Waals surface area contributed by atoms with Crippen LogP contribution in [0.2, 0.25) is 0 Å². The molecule has 0 aromatic heterocycles. The second-order valence-corrected chi connectivity index (χ2v) is 4.39. The van der Waals surface area contributed by atoms with Gasteiger partial charge < -0.3 is 10.0 Å². The van der Waals surface area contributed by atoms with Crippen LogP contribution < -0.4 is 0 Å². The zero-order chi connectivity index (χ0) is 12.5. The molecule has 4 heteroatoms. The van der Waals surface area contributed by atoms with Gasteiger partial charge in [-0.2, -0.15) is 0 Å². The molecule has 1 aliphatic rings. The molecular weight excluding hydrogens is 218 g/mol. The van der Waals surface area contributed by atoms with E-state index in [-0.39, 0.29) is 0 Å². The van der Waals surface area contributed by atoms with Crippen LogP contribution in [-0.2, 0) is 21.5 Å². The third kappa shape index (κ3) is 1.60. The third-order valence-corrected chi connectivity index (χ3v) is 3.56. The average Bonchev–Trinajstić information content (AvgIpc) is 2.36. The number of carbonyl (C=O) groups is 2. The van der Waals surface area contributed by atoms with Gasteiger partial charge in [-0.15, -0.1) is 0 Å². The summed E-state index contributed by atoms with van der Waals surface area (Å²) in [5.41, 5.74) is 0.569. The molecule has 0 spiro atoms. The molecule has 1 aliphatic carbocycles. The van der Waals surface area contributed by atoms with Gasteiger partial charge in [-0.1, -0.05) is 24.3 Å². The van der Waals surface area contributed by atoms with Crippen LogP contribution in [-0.4, -0.2) is 29.4 Å². The smallest absolute Gasteiger partial charge is 0.334 e. The Balaban J connectivity index is 2.63. The minimum absolute atomic E-state index is 0.467. The summed E-state index contributed by atoms with van der Waals surface area (Å²) in [4.78, 5) is 23.9. The molecule has 0 saturated heterocycles. The summed E-state index contributed by atoms with van der Waals surface area (Å²) in [6, 6.07) is 7.46. The number of hydrogen-bond donors (Lipinski definition) is 1. The molecular formula is C13H15NO3. The fraction of sp³-hybridized carbons (Fsp3) is 0.385. The molecule has 2 rings (SSSR count). The first-order valence-corrected chi connectivity index (χ1v) is 5.63. The SMILES string of the molecule is CN(C=O)C1(C(=O)O)CCCc2ccccc21. The van der Waals surface area contributed by atoms with Gasteiger partial charge in [-0.3, -0.25) is 4.79 Å². The van der Waals surface area contributed by atoms with Gasteiger partial charge in [0.2, 0.25) is 6.41 Å². The van der Waals surface area contributed by atoms with E-state index in [1.54, 1.807) is 0 Å². The lowest BCUT2D eigenvalue weighted by atomic mass is 9.75. The number of fused-ring (bicyclic) bond motifs is 1. The van der Waals surface area contributed by atoms with E-state index in [0.29, 0.717) is 12.8 Å². The number of aryl methyl sites for hydroxylation is 1. The van der Waals surface area contributed by atoms with Gasteiger partial charge in [0, 0.05) is 7.05 Å². The Hall–Kier alpha value is -1.84. The van der Waals surface area contributed by atoms with Crippen molar-refractivity contribution in [3.05, 3.63) is 35.4 Å². The highest BCUT2D eigenvalue weighted by atomic mass is 16.4. The zero-order valence-corrected chi connectivity index (χ0v) is 9.72. The minimum Gasteiger partial charge on any atom is -0.479 e. The molecule has 0 bridgehead atoms. The summed E-state index contributed by atoms with van der Waals surface area (Å²) in [6.07, 6.45) is 2.71. The van der Waals surface area contributed by atoms with Crippen molar-refractivity contribution >= 4 is 12.4 Å². The van der Waals surface area contributed by atoms with Crippen LogP contribution in [0.3, 0.4) is 0 Å². The summed E-state index contributed by atoms with van der Waals surface area (Å²) >= 11 is 0. The first kappa shape index (κ1) is 11.6. The number of amides is 1. The molecule has 0 radical (unpaired) electrons. The molecule has 90 valence electrons. The third-order valence-electron chi connectivity index (χ3n) is 3.56. The Morgan fingerprint density at radius 3 is 2.82 bits per heavy atom. The molecule has 0 saturated carbocycles. The highest BCUT2D eigenvalue weighted by Crippen LogP contribution is 2.39. The molecule has 1 unspecified atom stereocenters. The Labute approximate surface area is 99.9 Å². The number of rotatable bonds is 3. The number of carbonyl (C=O) groups excluding carboxylic acids is 1. The van der Waals surface area contributed by atoms with Gasteiger partial charge in [-0.05, 0) is 30.4 Å². The highest BCUT2D eigenvalue weighted by molar-refractivity contribution is 5.84. The lowest BCUT2D eigenvalue weighted by molar-refractivity contribution is -0.156. The maximum atomic E-state index is 11.6. The topological polar surface area (TPSA) is 57.6 Å². The maximum absolute atomic E-state index is 11.6. The van der Waals surface area contributed by atoms with E-state index in [0.717, 1.165) is 24.0 Å². The van der Waals surface area contributed by atoms with Gasteiger partial charge in [0.1, 0.15) is 0 Å². The van der Waals surface area contributed by atoms with Crippen molar-refractivity contribution in [3.8, 4) is 0 Å². The number of nitrogens with zero attached hydrogens (tertiary/aromatic N) is 1. The van der Waals surface area contributed by atoms with E-state index in [2.05, 4.69) is 0 Å². The van der Waals surface area contributed by atoms with Crippen molar-refractivity contribution in [3.63, 3.8) is 0 Å². The predicted octanol–water partition coefficient (Wildman–Crippen LogP) is 1.39. The summed E-state index contributed by atoms with van der Waals surface area (Å²) in [6.45, 7) is 0. The van der Waals surface area contributed by atoms with Gasteiger partial charge in [0.15, 0.2) is 5.54 Å². The quantitative estimate of drug-likeness (QED) is 0.803. The molecule has 0 fully saturated rings. The molecule has 4 nitrogen and oxygen atoms in total. The second-order valence-electron chi connectivity index (χ2n) is 4.39. The fourth-order valence-corrected chi connectivity index (χ4v) is 2.64. The summed E-state index contributed by atoms with van der Waals surface area (Å²) in [7, 11) is 1.53. The molecule has 1 atom stereocenters. The number of benzene rings is 1. The largest absolute Gasteiger partial charge is 0.479 e. The van der Waals surface area contributed by atoms with Crippen molar-refractivity contribution in [2.75, 3.05) is 7.05 Å². The lowest BCUT2D eigenvalue weighted by Gasteiger charge is -2.40. The Morgan fingerprint density at radius 1 is 1.47 bits per heavy atom. The van der Waals surface area contributed by atoms with E-state index in [9.17, 15) is 14.7 Å². The highest BCUT2D eigenvalue weighted by Gasteiger charge is 2.46. The van der Waals surface area contributed by atoms with Gasteiger partial charge in [0.25, 0.3) is 0 Å². The maximum Gasteiger partial charge on any atom is 0.334 e. The Kier molecular flexibility index (Phi) is 2.88. The molecule has 1 aromatic rings. The van der Waals surface area contributed by atoms with Gasteiger partial charge in [0.05, 0.1) is 0 Å². The molecule has 0 heterocycles. The van der Waals surface area contributed by atoms with Crippen LogP contribution in [0.15, 0.2) is 24.3 Å². The number of likely N-dealkylation sites (N-methyl/N-ethyl adjacent to an activating group) is 1. The molecule has 1 N–H and O–H groups in total. The molecule has 1 amide bonds. The van der Waals surface area contributed by atoms with Crippen LogP contribution in [0.5, 0.6) is 0 Å². The Morgan fingerprint density at radius 2 is 2.18 bits per heavy atom. The lowest BCUT2D eigenvalue weighted by Crippen LogP contribution is -2.51. The van der Waals surface area contributed by atoms with Crippen LogP contribution in [0.1, 0.15) is 24.0 Å². The van der Waals surface area contributed by atoms with Crippen molar-refractivity contribution in [1.29, 1.82) is 0 Å². The van der Waals surface area contributed by atoms with E-state index in [4.69, 9.17) is 0 Å². The van der Waals surface area contributed by atoms with Crippen LogP contribution in [0.25, 0.3) is 0 Å². The standard InChI is InChI=1S/C13H15NO3/c1-14(9-15)13(12(16)17)8-4-6-10-5-2-3-7-11(10)13/h2-3,5,7,9H,4,6,8H2,1H3,(H,16,17). The number of aliphatic carboxylic acids is 1. The van der Waals surface area contributed by atoms with Gasteiger partial charge >= 0.3 is 5.97 Å². The molecule has 0 aliphatic heterocycles. The van der Waals surface area contributed by atoms with E-state index < -0.39 is 11.5 Å². The number of carboxylic acids is 1. The fourth-order valence-electron chi connectivity index (χ4n) is 2.64. The normalized spacial score (nSPS) is 22.6. The average molecular weight is 233 g/mol. The van der Waals surface area contributed by atoms with Crippen molar-refractivity contribution in [2.24, 2.45) is 0 Å². The number of hydrogen-bond acceptors (Lipinski definition) is 2. The minimum atomic E-state index is -1.20. The van der Waals surface area contributed by atoms with E-state index in [1.807, 2.05) is 24.3 Å². The summed E-state index contributed by atoms with van der Waals surface area (Å²) in [5.74, 6) is -0.959. The molecule has 17 heavy (non-hydrogen) atoms. The second kappa shape index (κ2) is 4.20. The van der Waals surface area contributed by atoms with Gasteiger partial charge in [-0.25, -0.2) is 4.79 Å². The van der Waals surface area contributed by atoms with Crippen LogP contribution in [0, 0.1) is 0 Å². The van der Waals surface area contributed by atoms with E-state index >= 15 is 0 Å². The number of carboxylic acid groups (broad SMARTS) is 1. The zero-order valence-electron chi connectivity index (χ0n) is 9.72.